The van der Waals surface area contributed by atoms with E-state index in [1.165, 1.54) is 49.7 Å². The van der Waals surface area contributed by atoms with Crippen LogP contribution in [0.25, 0.3) is 0 Å². The van der Waals surface area contributed by atoms with Gasteiger partial charge in [-0.1, -0.05) is 89.6 Å². The number of phenolic OH excluding ortho intramolecular Hbond substituents is 2. The number of aryl methyl sites for hydroxylation is 1. The first-order valence-corrected chi connectivity index (χ1v) is 29.8. The molecule has 23 nitrogen and oxygen atoms in total. The lowest BCUT2D eigenvalue weighted by Gasteiger charge is -2.34. The fourth-order valence-electron chi connectivity index (χ4n) is 11.0. The zero-order valence-corrected chi connectivity index (χ0v) is 48.6. The van der Waals surface area contributed by atoms with E-state index < -0.39 is 151 Å². The van der Waals surface area contributed by atoms with Crippen LogP contribution in [0.3, 0.4) is 0 Å². The highest BCUT2D eigenvalue weighted by Crippen LogP contribution is 2.33. The van der Waals surface area contributed by atoms with Gasteiger partial charge < -0.3 is 82.8 Å². The molecule has 15 N–H and O–H groups in total. The Bertz CT molecular complexity index is 2460. The summed E-state index contributed by atoms with van der Waals surface area (Å²) in [7, 11) is 0. The average Bonchev–Trinajstić information content (AvgIpc) is 4.14. The number of benzene rings is 2. The number of aromatic hydroxyl groups is 2. The lowest BCUT2D eigenvalue weighted by molar-refractivity contribution is -0.149. The van der Waals surface area contributed by atoms with Crippen molar-refractivity contribution in [1.29, 1.82) is 0 Å². The molecule has 0 bridgehead atoms. The standard InChI is InChI=1S/C58H89N7O16S/c1-6-31(2)25-32(3)13-11-9-7-8-10-12-14-47(74)60-40-29-46(73)56(82-38-19-20-42(69)33(4)26-38)63-55(79)50-44(71)22-24-64(50)58(81)49(43(70)21-23-59)62-53(77)39(52(76)51(75)35-15-17-36(67)18-16-35)28-45(72)41-27-37(68)30-65(41)57(80)48(34(5)66)61-54(40)78/h15-20,26,31-32,34,37,39-41,43-44,46,48-52,56,66-71,73,75-76H,6-14,21-25,27-30,59H2,1-5H3,(H,60,74)(H,61,78)(H,62,77)(H,63,79)/t31?,32?,34-,37-,39+,40+,41+,43-,44+,46-,48+,49+,50+,51+,52+,56-/m1/s1. The van der Waals surface area contributed by atoms with E-state index in [-0.39, 0.29) is 49.4 Å². The number of carbonyl (C=O) groups excluding carboxylic acids is 7. The SMILES string of the molecule is CCC(C)CC(C)CCCCCCCCC(=O)N[C@H]1C[C@@H](O)[C@@H](Sc2ccc(O)c(C)c2)NC(=O)[C@@H]2[C@@H](O)CCN2C(=O)[C@H]([C@H](O)CCN)NC(=O)[C@H]([C@H](O)[C@@H](O)c2ccc(O)cc2)CC(=O)[C@@H]2C[C@@H](O)CN2C(=O)[C@H]([C@@H](C)O)NC1=O. The van der Waals surface area contributed by atoms with Crippen molar-refractivity contribution in [2.75, 3.05) is 19.6 Å². The Kier molecular flexibility index (Phi) is 26.3. The molecule has 3 aliphatic heterocycles. The molecule has 0 aliphatic carbocycles. The smallest absolute Gasteiger partial charge is 0.248 e. The highest BCUT2D eigenvalue weighted by Gasteiger charge is 2.49. The second-order valence-electron chi connectivity index (χ2n) is 22.8. The predicted molar refractivity (Wildman–Crippen MR) is 303 cm³/mol. The molecule has 3 aliphatic rings. The van der Waals surface area contributed by atoms with Crippen LogP contribution in [0, 0.1) is 24.7 Å². The van der Waals surface area contributed by atoms with E-state index in [2.05, 4.69) is 42.0 Å². The summed E-state index contributed by atoms with van der Waals surface area (Å²) in [5.74, 6) is -8.11. The second-order valence-corrected chi connectivity index (χ2v) is 24.0. The van der Waals surface area contributed by atoms with E-state index in [9.17, 15) is 79.5 Å². The number of carbonyl (C=O) groups is 7. The normalized spacial score (nSPS) is 27.7. The highest BCUT2D eigenvalue weighted by atomic mass is 32.2. The van der Waals surface area contributed by atoms with Crippen LogP contribution in [-0.2, 0) is 33.6 Å². The van der Waals surface area contributed by atoms with Crippen LogP contribution in [0.5, 0.6) is 11.5 Å². The minimum Gasteiger partial charge on any atom is -0.508 e. The Labute approximate surface area is 484 Å². The molecule has 6 amide bonds. The van der Waals surface area contributed by atoms with Gasteiger partial charge in [-0.2, -0.15) is 0 Å². The second kappa shape index (κ2) is 32.0. The van der Waals surface area contributed by atoms with Crippen molar-refractivity contribution in [1.82, 2.24) is 31.1 Å². The monoisotopic (exact) mass is 1170 g/mol. The summed E-state index contributed by atoms with van der Waals surface area (Å²) in [6, 6.07) is 0.402. The molecular weight excluding hydrogens is 1080 g/mol. The maximum atomic E-state index is 14.8. The maximum Gasteiger partial charge on any atom is 0.248 e. The number of hydrogen-bond donors (Lipinski definition) is 14. The van der Waals surface area contributed by atoms with E-state index in [4.69, 9.17) is 5.73 Å². The zero-order chi connectivity index (χ0) is 60.5. The molecule has 0 aromatic heterocycles. The molecule has 0 radical (unpaired) electrons. The first-order valence-electron chi connectivity index (χ1n) is 28.9. The van der Waals surface area contributed by atoms with Crippen LogP contribution in [0.1, 0.15) is 141 Å². The number of nitrogens with two attached hydrogens (primary N) is 1. The quantitative estimate of drug-likeness (QED) is 0.0732. The lowest BCUT2D eigenvalue weighted by atomic mass is 9.86. The molecule has 2 unspecified atom stereocenters. The maximum absolute atomic E-state index is 14.8. The molecule has 458 valence electrons. The van der Waals surface area contributed by atoms with E-state index in [0.29, 0.717) is 35.1 Å². The number of nitrogens with one attached hydrogen (secondary N) is 4. The number of Topliss-reactive ketones (excluding diaryl/α,β-unsaturated/α-hetero) is 1. The molecular formula is C58H89N7O16S. The topological polar surface area (TPSA) is 382 Å². The average molecular weight is 1170 g/mol. The van der Waals surface area contributed by atoms with Gasteiger partial charge in [0.05, 0.1) is 48.6 Å². The lowest BCUT2D eigenvalue weighted by Crippen LogP contribution is -2.61. The number of rotatable bonds is 22. The first-order chi connectivity index (χ1) is 38.8. The summed E-state index contributed by atoms with van der Waals surface area (Å²) in [5.41, 5.74) is 6.19. The van der Waals surface area contributed by atoms with Crippen molar-refractivity contribution < 1.29 is 79.5 Å². The Hall–Kier alpha value is -5.44. The van der Waals surface area contributed by atoms with Gasteiger partial charge in [0.2, 0.25) is 35.4 Å². The van der Waals surface area contributed by atoms with Gasteiger partial charge in [0.15, 0.2) is 5.78 Å². The molecule has 2 aromatic carbocycles. The Balaban J connectivity index is 1.54. The first kappa shape index (κ1) is 67.4. The van der Waals surface area contributed by atoms with Gasteiger partial charge in [-0.15, -0.1) is 0 Å². The number of thioether (sulfide) groups is 1. The molecule has 0 saturated carbocycles. The van der Waals surface area contributed by atoms with Crippen molar-refractivity contribution in [2.24, 2.45) is 23.5 Å². The Morgan fingerprint density at radius 1 is 0.768 bits per heavy atom. The number of hydrogen-bond acceptors (Lipinski definition) is 18. The van der Waals surface area contributed by atoms with Crippen LogP contribution in [-0.4, -0.2) is 189 Å². The van der Waals surface area contributed by atoms with Gasteiger partial charge in [0, 0.05) is 43.7 Å². The van der Waals surface area contributed by atoms with Crippen molar-refractivity contribution in [2.45, 2.75) is 214 Å². The number of ketones is 1. The van der Waals surface area contributed by atoms with Crippen LogP contribution in [0.2, 0.25) is 0 Å². The highest BCUT2D eigenvalue weighted by molar-refractivity contribution is 8.00. The molecule has 2 aromatic rings. The molecule has 16 atom stereocenters. The van der Waals surface area contributed by atoms with E-state index >= 15 is 0 Å². The third kappa shape index (κ3) is 18.8. The van der Waals surface area contributed by atoms with Gasteiger partial charge in [0.1, 0.15) is 47.1 Å². The molecule has 3 fully saturated rings. The summed E-state index contributed by atoms with van der Waals surface area (Å²) in [6.45, 7) is 8.45. The largest absolute Gasteiger partial charge is 0.508 e. The predicted octanol–water partition coefficient (Wildman–Crippen LogP) is 1.04. The number of phenols is 2. The Morgan fingerprint density at radius 2 is 1.41 bits per heavy atom. The molecule has 5 rings (SSSR count). The number of unbranched alkanes of at least 4 members (excludes halogenated alkanes) is 5. The number of aliphatic hydroxyl groups is 7. The van der Waals surface area contributed by atoms with Crippen LogP contribution < -0.4 is 27.0 Å². The fourth-order valence-corrected chi connectivity index (χ4v) is 12.2. The van der Waals surface area contributed by atoms with Crippen LogP contribution in [0.15, 0.2) is 47.4 Å². The third-order valence-electron chi connectivity index (χ3n) is 16.1. The summed E-state index contributed by atoms with van der Waals surface area (Å²) in [6.07, 6.45) is -6.34. The van der Waals surface area contributed by atoms with Crippen molar-refractivity contribution in [3.8, 4) is 11.5 Å². The zero-order valence-electron chi connectivity index (χ0n) is 47.8. The van der Waals surface area contributed by atoms with Gasteiger partial charge in [0.25, 0.3) is 0 Å². The van der Waals surface area contributed by atoms with Gasteiger partial charge in [-0.05, 0) is 99.4 Å². The minimum absolute atomic E-state index is 0.0255. The van der Waals surface area contributed by atoms with Gasteiger partial charge in [-0.3, -0.25) is 33.6 Å². The number of nitrogens with zero attached hydrogens (tertiary/aromatic N) is 2. The molecule has 3 saturated heterocycles. The third-order valence-corrected chi connectivity index (χ3v) is 17.3. The fraction of sp³-hybridized carbons (Fsp3) is 0.672. The summed E-state index contributed by atoms with van der Waals surface area (Å²) in [4.78, 5) is 104. The Morgan fingerprint density at radius 3 is 2.06 bits per heavy atom. The van der Waals surface area contributed by atoms with Gasteiger partial charge in [-0.25, -0.2) is 0 Å². The number of aliphatic hydroxyl groups excluding tert-OH is 7. The van der Waals surface area contributed by atoms with Gasteiger partial charge >= 0.3 is 0 Å². The van der Waals surface area contributed by atoms with Crippen LogP contribution >= 0.6 is 11.8 Å². The molecule has 3 heterocycles. The van der Waals surface area contributed by atoms with Crippen molar-refractivity contribution >= 4 is 53.0 Å². The van der Waals surface area contributed by atoms with Crippen molar-refractivity contribution in [3.05, 3.63) is 53.6 Å². The van der Waals surface area contributed by atoms with E-state index in [1.54, 1.807) is 13.0 Å². The summed E-state index contributed by atoms with van der Waals surface area (Å²) < 4.78 is 0. The number of amides is 6. The van der Waals surface area contributed by atoms with E-state index in [0.717, 1.165) is 60.1 Å². The van der Waals surface area contributed by atoms with E-state index in [1.807, 2.05) is 0 Å². The van der Waals surface area contributed by atoms with Crippen LogP contribution in [0.4, 0.5) is 0 Å². The molecule has 0 spiro atoms. The van der Waals surface area contributed by atoms with Crippen molar-refractivity contribution in [3.63, 3.8) is 0 Å². The molecule has 82 heavy (non-hydrogen) atoms. The number of fused-ring (bicyclic) bond motifs is 2. The summed E-state index contributed by atoms with van der Waals surface area (Å²) in [5, 5.41) is 110. The summed E-state index contributed by atoms with van der Waals surface area (Å²) >= 11 is 0.855. The molecule has 24 heteroatoms. The minimum atomic E-state index is -2.18.